The van der Waals surface area contributed by atoms with E-state index in [1.165, 1.54) is 17.7 Å². The van der Waals surface area contributed by atoms with Crippen LogP contribution in [0.3, 0.4) is 0 Å². The summed E-state index contributed by atoms with van der Waals surface area (Å²) in [5, 5.41) is 4.19. The van der Waals surface area contributed by atoms with Crippen LogP contribution in [0, 0.1) is 5.82 Å². The van der Waals surface area contributed by atoms with Crippen LogP contribution in [-0.4, -0.2) is 11.6 Å². The fourth-order valence-corrected chi connectivity index (χ4v) is 2.54. The van der Waals surface area contributed by atoms with Gasteiger partial charge in [0.05, 0.1) is 11.3 Å². The first kappa shape index (κ1) is 13.5. The van der Waals surface area contributed by atoms with Gasteiger partial charge < -0.3 is 0 Å². The van der Waals surface area contributed by atoms with Gasteiger partial charge in [-0.2, -0.15) is 5.10 Å². The van der Waals surface area contributed by atoms with Crippen molar-refractivity contribution < 1.29 is 9.18 Å². The molecule has 0 radical (unpaired) electrons. The first-order valence-electron chi connectivity index (χ1n) is 6.95. The first-order valence-corrected chi connectivity index (χ1v) is 6.95. The Balaban J connectivity index is 1.82. The Morgan fingerprint density at radius 3 is 2.67 bits per heavy atom. The highest BCUT2D eigenvalue weighted by molar-refractivity contribution is 6.04. The highest BCUT2D eigenvalue weighted by atomic mass is 19.1. The van der Waals surface area contributed by atoms with E-state index >= 15 is 0 Å². The zero-order valence-corrected chi connectivity index (χ0v) is 11.5. The molecule has 106 valence electrons. The summed E-state index contributed by atoms with van der Waals surface area (Å²) in [6.07, 6.45) is 2.84. The van der Waals surface area contributed by atoms with Gasteiger partial charge in [0.15, 0.2) is 0 Å². The molecule has 21 heavy (non-hydrogen) atoms. The van der Waals surface area contributed by atoms with E-state index in [9.17, 15) is 9.18 Å². The molecule has 3 rings (SSSR count). The van der Waals surface area contributed by atoms with Gasteiger partial charge in [-0.15, -0.1) is 0 Å². The Kier molecular flexibility index (Phi) is 3.77. The van der Waals surface area contributed by atoms with E-state index in [0.29, 0.717) is 0 Å². The van der Waals surface area contributed by atoms with Gasteiger partial charge >= 0.3 is 0 Å². The summed E-state index contributed by atoms with van der Waals surface area (Å²) in [5.41, 5.74) is 5.62. The van der Waals surface area contributed by atoms with Crippen LogP contribution in [-0.2, 0) is 6.42 Å². The van der Waals surface area contributed by atoms with Crippen LogP contribution in [0.15, 0.2) is 53.6 Å². The fourth-order valence-electron chi connectivity index (χ4n) is 2.54. The molecule has 0 saturated heterocycles. The van der Waals surface area contributed by atoms with Crippen LogP contribution in [0.2, 0.25) is 0 Å². The average molecular weight is 282 g/mol. The zero-order valence-electron chi connectivity index (χ0n) is 11.5. The van der Waals surface area contributed by atoms with Crippen LogP contribution in [0.25, 0.3) is 0 Å². The molecule has 0 bridgehead atoms. The molecule has 0 heterocycles. The number of nitrogens with one attached hydrogen (secondary N) is 1. The smallest absolute Gasteiger partial charge is 0.267 e. The Morgan fingerprint density at radius 2 is 1.81 bits per heavy atom. The summed E-state index contributed by atoms with van der Waals surface area (Å²) >= 11 is 0. The molecule has 1 amide bonds. The van der Waals surface area contributed by atoms with Crippen LogP contribution in [0.4, 0.5) is 4.39 Å². The van der Waals surface area contributed by atoms with Crippen molar-refractivity contribution in [2.24, 2.45) is 5.10 Å². The third-order valence-corrected chi connectivity index (χ3v) is 3.60. The van der Waals surface area contributed by atoms with E-state index in [1.807, 2.05) is 18.2 Å². The molecule has 0 fully saturated rings. The second-order valence-corrected chi connectivity index (χ2v) is 4.99. The molecule has 0 saturated carbocycles. The van der Waals surface area contributed by atoms with Crippen LogP contribution < -0.4 is 5.43 Å². The lowest BCUT2D eigenvalue weighted by Crippen LogP contribution is -2.22. The SMILES string of the molecule is O=C(N/N=C1\CCCc2ccccc21)c1ccccc1F. The van der Waals surface area contributed by atoms with Crippen molar-refractivity contribution in [1.29, 1.82) is 0 Å². The summed E-state index contributed by atoms with van der Waals surface area (Å²) in [5.74, 6) is -1.07. The van der Waals surface area contributed by atoms with Gasteiger partial charge in [-0.1, -0.05) is 36.4 Å². The van der Waals surface area contributed by atoms with Crippen molar-refractivity contribution in [2.45, 2.75) is 19.3 Å². The first-order chi connectivity index (χ1) is 10.3. The van der Waals surface area contributed by atoms with Crippen LogP contribution >= 0.6 is 0 Å². The minimum Gasteiger partial charge on any atom is -0.267 e. The highest BCUT2D eigenvalue weighted by Crippen LogP contribution is 2.21. The zero-order chi connectivity index (χ0) is 14.7. The lowest BCUT2D eigenvalue weighted by Gasteiger charge is -2.17. The molecule has 0 spiro atoms. The number of benzene rings is 2. The minimum absolute atomic E-state index is 0.00550. The quantitative estimate of drug-likeness (QED) is 0.844. The predicted octanol–water partition coefficient (Wildman–Crippen LogP) is 3.30. The maximum Gasteiger partial charge on any atom is 0.274 e. The van der Waals surface area contributed by atoms with Crippen molar-refractivity contribution in [3.05, 3.63) is 71.0 Å². The van der Waals surface area contributed by atoms with E-state index in [1.54, 1.807) is 12.1 Å². The number of hydrogen-bond donors (Lipinski definition) is 1. The van der Waals surface area contributed by atoms with Gasteiger partial charge in [0, 0.05) is 5.56 Å². The van der Waals surface area contributed by atoms with Crippen molar-refractivity contribution in [1.82, 2.24) is 5.43 Å². The van der Waals surface area contributed by atoms with E-state index in [0.717, 1.165) is 30.5 Å². The monoisotopic (exact) mass is 282 g/mol. The fraction of sp³-hybridized carbons (Fsp3) is 0.176. The van der Waals surface area contributed by atoms with Crippen molar-refractivity contribution in [2.75, 3.05) is 0 Å². The molecular formula is C17H15FN2O. The van der Waals surface area contributed by atoms with E-state index in [2.05, 4.69) is 16.6 Å². The average Bonchev–Trinajstić information content (AvgIpc) is 2.53. The normalized spacial score (nSPS) is 15.6. The standard InChI is InChI=1S/C17H15FN2O/c18-15-10-4-3-9-14(15)17(21)20-19-16-11-5-7-12-6-1-2-8-13(12)16/h1-4,6,8-10H,5,7,11H2,(H,20,21)/b19-16+. The topological polar surface area (TPSA) is 41.5 Å². The van der Waals surface area contributed by atoms with Crippen molar-refractivity contribution in [3.63, 3.8) is 0 Å². The third-order valence-electron chi connectivity index (χ3n) is 3.60. The number of hydrogen-bond acceptors (Lipinski definition) is 2. The summed E-state index contributed by atoms with van der Waals surface area (Å²) < 4.78 is 13.5. The second kappa shape index (κ2) is 5.87. The van der Waals surface area contributed by atoms with Crippen molar-refractivity contribution in [3.8, 4) is 0 Å². The largest absolute Gasteiger partial charge is 0.274 e. The number of carbonyl (C=O) groups is 1. The number of rotatable bonds is 2. The molecule has 0 aromatic heterocycles. The maximum atomic E-state index is 13.5. The number of aryl methyl sites for hydroxylation is 1. The van der Waals surface area contributed by atoms with Crippen LogP contribution in [0.1, 0.15) is 34.3 Å². The molecular weight excluding hydrogens is 267 g/mol. The second-order valence-electron chi connectivity index (χ2n) is 4.99. The number of nitrogens with zero attached hydrogens (tertiary/aromatic N) is 1. The highest BCUT2D eigenvalue weighted by Gasteiger charge is 2.16. The molecule has 4 heteroatoms. The third kappa shape index (κ3) is 2.84. The summed E-state index contributed by atoms with van der Waals surface area (Å²) in [4.78, 5) is 12.0. The summed E-state index contributed by atoms with van der Waals surface area (Å²) in [7, 11) is 0. The number of hydrazone groups is 1. The predicted molar refractivity (Wildman–Crippen MR) is 79.8 cm³/mol. The molecule has 1 aliphatic rings. The molecule has 2 aromatic rings. The van der Waals surface area contributed by atoms with E-state index < -0.39 is 11.7 Å². The lowest BCUT2D eigenvalue weighted by atomic mass is 9.90. The number of halogens is 1. The minimum atomic E-state index is -0.542. The Hall–Kier alpha value is -2.49. The van der Waals surface area contributed by atoms with Gasteiger partial charge in [0.25, 0.3) is 5.91 Å². The maximum absolute atomic E-state index is 13.5. The number of carbonyl (C=O) groups excluding carboxylic acids is 1. The molecule has 0 unspecified atom stereocenters. The van der Waals surface area contributed by atoms with Crippen molar-refractivity contribution >= 4 is 11.6 Å². The summed E-state index contributed by atoms with van der Waals surface area (Å²) in [6, 6.07) is 13.9. The summed E-state index contributed by atoms with van der Waals surface area (Å²) in [6.45, 7) is 0. The Labute approximate surface area is 122 Å². The molecule has 0 aliphatic heterocycles. The molecule has 0 atom stereocenters. The molecule has 3 nitrogen and oxygen atoms in total. The van der Waals surface area contributed by atoms with E-state index in [-0.39, 0.29) is 5.56 Å². The molecule has 1 N–H and O–H groups in total. The van der Waals surface area contributed by atoms with Gasteiger partial charge in [-0.3, -0.25) is 4.79 Å². The van der Waals surface area contributed by atoms with Gasteiger partial charge in [0.1, 0.15) is 5.82 Å². The van der Waals surface area contributed by atoms with Gasteiger partial charge in [0.2, 0.25) is 0 Å². The number of amides is 1. The molecule has 1 aliphatic carbocycles. The Morgan fingerprint density at radius 1 is 1.05 bits per heavy atom. The molecule has 2 aromatic carbocycles. The number of fused-ring (bicyclic) bond motifs is 1. The van der Waals surface area contributed by atoms with E-state index in [4.69, 9.17) is 0 Å². The van der Waals surface area contributed by atoms with Gasteiger partial charge in [-0.25, -0.2) is 9.82 Å². The van der Waals surface area contributed by atoms with Crippen LogP contribution in [0.5, 0.6) is 0 Å². The lowest BCUT2D eigenvalue weighted by molar-refractivity contribution is 0.0950. The van der Waals surface area contributed by atoms with Gasteiger partial charge in [-0.05, 0) is 37.0 Å². The Bertz CT molecular complexity index is 709.